The maximum Gasteiger partial charge on any atom is 0.180 e. The van der Waals surface area contributed by atoms with Crippen LogP contribution in [0.5, 0.6) is 11.5 Å². The van der Waals surface area contributed by atoms with Gasteiger partial charge in [0.15, 0.2) is 17.4 Å². The molecule has 0 saturated carbocycles. The normalized spacial score (nSPS) is 11.5. The first kappa shape index (κ1) is 15.7. The highest BCUT2D eigenvalue weighted by molar-refractivity contribution is 9.10. The first-order valence-electron chi connectivity index (χ1n) is 5.53. The van der Waals surface area contributed by atoms with Crippen molar-refractivity contribution in [3.8, 4) is 11.5 Å². The number of ether oxygens (including phenoxy) is 1. The van der Waals surface area contributed by atoms with E-state index in [2.05, 4.69) is 37.0 Å². The third-order valence-corrected chi connectivity index (χ3v) is 3.97. The van der Waals surface area contributed by atoms with Crippen molar-refractivity contribution in [1.82, 2.24) is 0 Å². The van der Waals surface area contributed by atoms with Gasteiger partial charge in [0.2, 0.25) is 0 Å². The Kier molecular flexibility index (Phi) is 4.79. The van der Waals surface area contributed by atoms with Crippen molar-refractivity contribution < 1.29 is 18.7 Å². The highest BCUT2D eigenvalue weighted by Crippen LogP contribution is 2.35. The highest BCUT2D eigenvalue weighted by Gasteiger charge is 2.16. The number of nitrogens with zero attached hydrogens (tertiary/aromatic N) is 1. The van der Waals surface area contributed by atoms with E-state index in [-0.39, 0.29) is 27.4 Å². The van der Waals surface area contributed by atoms with Gasteiger partial charge in [-0.3, -0.25) is 0 Å². The molecule has 0 spiro atoms. The van der Waals surface area contributed by atoms with E-state index >= 15 is 0 Å². The topological polar surface area (TPSA) is 67.8 Å². The minimum absolute atomic E-state index is 0.0252. The summed E-state index contributed by atoms with van der Waals surface area (Å²) in [5.74, 6) is -1.53. The van der Waals surface area contributed by atoms with Crippen LogP contribution in [0, 0.1) is 11.6 Å². The standard InChI is InChI=1S/C13H8Br2F2N2O2/c14-8-3-1-6(16)5-10(8)21-9-4-2-7(13(18)19-20)11(15)12(9)17/h1-5,20H,(H2,18,19). The minimum atomic E-state index is -0.754. The molecular weight excluding hydrogens is 414 g/mol. The third-order valence-electron chi connectivity index (χ3n) is 2.54. The van der Waals surface area contributed by atoms with Crippen molar-refractivity contribution >= 4 is 37.7 Å². The van der Waals surface area contributed by atoms with Gasteiger partial charge in [-0.05, 0) is 56.1 Å². The van der Waals surface area contributed by atoms with Gasteiger partial charge >= 0.3 is 0 Å². The van der Waals surface area contributed by atoms with Gasteiger partial charge in [0.1, 0.15) is 11.6 Å². The van der Waals surface area contributed by atoms with Gasteiger partial charge in [0, 0.05) is 11.6 Å². The van der Waals surface area contributed by atoms with Crippen molar-refractivity contribution in [3.05, 3.63) is 56.5 Å². The van der Waals surface area contributed by atoms with Crippen molar-refractivity contribution in [2.24, 2.45) is 10.9 Å². The number of benzene rings is 2. The summed E-state index contributed by atoms with van der Waals surface area (Å²) in [6, 6.07) is 6.51. The molecule has 0 aromatic heterocycles. The van der Waals surface area contributed by atoms with Crippen LogP contribution in [0.2, 0.25) is 0 Å². The first-order chi connectivity index (χ1) is 9.93. The smallest absolute Gasteiger partial charge is 0.180 e. The van der Waals surface area contributed by atoms with Gasteiger partial charge in [0.05, 0.1) is 8.95 Å². The fourth-order valence-corrected chi connectivity index (χ4v) is 2.39. The van der Waals surface area contributed by atoms with E-state index in [0.717, 1.165) is 6.07 Å². The molecule has 0 unspecified atom stereocenters. The molecule has 0 fully saturated rings. The number of hydrogen-bond acceptors (Lipinski definition) is 3. The summed E-state index contributed by atoms with van der Waals surface area (Å²) < 4.78 is 33.2. The molecule has 3 N–H and O–H groups in total. The van der Waals surface area contributed by atoms with Gasteiger partial charge in [0.25, 0.3) is 0 Å². The molecule has 0 bridgehead atoms. The van der Waals surface area contributed by atoms with E-state index in [9.17, 15) is 8.78 Å². The fourth-order valence-electron chi connectivity index (χ4n) is 1.54. The zero-order chi connectivity index (χ0) is 15.6. The Balaban J connectivity index is 2.42. The van der Waals surface area contributed by atoms with Gasteiger partial charge in [-0.25, -0.2) is 8.78 Å². The maximum atomic E-state index is 14.2. The van der Waals surface area contributed by atoms with Crippen LogP contribution in [0.25, 0.3) is 0 Å². The van der Waals surface area contributed by atoms with Crippen LogP contribution in [0.15, 0.2) is 44.4 Å². The second-order valence-electron chi connectivity index (χ2n) is 3.90. The van der Waals surface area contributed by atoms with E-state index in [0.29, 0.717) is 4.47 Å². The molecule has 2 aromatic carbocycles. The van der Waals surface area contributed by atoms with Crippen LogP contribution in [0.1, 0.15) is 5.56 Å². The zero-order valence-corrected chi connectivity index (χ0v) is 13.5. The Hall–Kier alpha value is -1.67. The molecule has 0 aliphatic carbocycles. The molecular formula is C13H8Br2F2N2O2. The summed E-state index contributed by atoms with van der Waals surface area (Å²) in [7, 11) is 0. The molecule has 2 rings (SSSR count). The van der Waals surface area contributed by atoms with Crippen molar-refractivity contribution in [3.63, 3.8) is 0 Å². The number of amidine groups is 1. The lowest BCUT2D eigenvalue weighted by atomic mass is 10.2. The van der Waals surface area contributed by atoms with Crippen LogP contribution >= 0.6 is 31.9 Å². The van der Waals surface area contributed by atoms with E-state index < -0.39 is 11.6 Å². The fraction of sp³-hybridized carbons (Fsp3) is 0. The summed E-state index contributed by atoms with van der Waals surface area (Å²) in [4.78, 5) is 0. The van der Waals surface area contributed by atoms with Crippen LogP contribution in [0.4, 0.5) is 8.78 Å². The molecule has 0 amide bonds. The molecule has 8 heteroatoms. The second kappa shape index (κ2) is 6.40. The molecule has 4 nitrogen and oxygen atoms in total. The van der Waals surface area contributed by atoms with Crippen molar-refractivity contribution in [2.45, 2.75) is 0 Å². The van der Waals surface area contributed by atoms with Crippen LogP contribution in [-0.4, -0.2) is 11.0 Å². The second-order valence-corrected chi connectivity index (χ2v) is 5.55. The van der Waals surface area contributed by atoms with E-state index in [1.807, 2.05) is 0 Å². The molecule has 0 aliphatic heterocycles. The molecule has 110 valence electrons. The Labute approximate surface area is 135 Å². The van der Waals surface area contributed by atoms with Crippen molar-refractivity contribution in [1.29, 1.82) is 0 Å². The average molecular weight is 422 g/mol. The molecule has 0 saturated heterocycles. The lowest BCUT2D eigenvalue weighted by molar-refractivity contribution is 0.318. The number of halogens is 4. The number of nitrogens with two attached hydrogens (primary N) is 1. The molecule has 2 aromatic rings. The molecule has 0 atom stereocenters. The van der Waals surface area contributed by atoms with Gasteiger partial charge in [-0.2, -0.15) is 0 Å². The first-order valence-corrected chi connectivity index (χ1v) is 7.11. The average Bonchev–Trinajstić information content (AvgIpc) is 2.47. The summed E-state index contributed by atoms with van der Waals surface area (Å²) in [5.41, 5.74) is 5.58. The molecule has 0 aliphatic rings. The predicted octanol–water partition coefficient (Wildman–Crippen LogP) is 4.38. The number of rotatable bonds is 3. The van der Waals surface area contributed by atoms with E-state index in [1.165, 1.54) is 24.3 Å². The Morgan fingerprint density at radius 3 is 2.52 bits per heavy atom. The maximum absolute atomic E-state index is 14.2. The van der Waals surface area contributed by atoms with Crippen LogP contribution in [0.3, 0.4) is 0 Å². The highest BCUT2D eigenvalue weighted by atomic mass is 79.9. The zero-order valence-electron chi connectivity index (χ0n) is 10.3. The molecule has 0 heterocycles. The van der Waals surface area contributed by atoms with Gasteiger partial charge < -0.3 is 15.7 Å². The monoisotopic (exact) mass is 420 g/mol. The lowest BCUT2D eigenvalue weighted by Crippen LogP contribution is -2.14. The SMILES string of the molecule is N/C(=N/O)c1ccc(Oc2cc(F)ccc2Br)c(F)c1Br. The van der Waals surface area contributed by atoms with Crippen molar-refractivity contribution in [2.75, 3.05) is 0 Å². The van der Waals surface area contributed by atoms with E-state index in [1.54, 1.807) is 0 Å². The number of oxime groups is 1. The third kappa shape index (κ3) is 3.33. The quantitative estimate of drug-likeness (QED) is 0.334. The lowest BCUT2D eigenvalue weighted by Gasteiger charge is -2.11. The summed E-state index contributed by atoms with van der Waals surface area (Å²) in [6.07, 6.45) is 0. The Morgan fingerprint density at radius 2 is 1.86 bits per heavy atom. The van der Waals surface area contributed by atoms with Crippen LogP contribution < -0.4 is 10.5 Å². The summed E-state index contributed by atoms with van der Waals surface area (Å²) >= 11 is 6.19. The Bertz CT molecular complexity index is 724. The molecule has 21 heavy (non-hydrogen) atoms. The largest absolute Gasteiger partial charge is 0.453 e. The summed E-state index contributed by atoms with van der Waals surface area (Å²) in [5, 5.41) is 11.4. The van der Waals surface area contributed by atoms with Crippen LogP contribution in [-0.2, 0) is 0 Å². The van der Waals surface area contributed by atoms with E-state index in [4.69, 9.17) is 15.7 Å². The minimum Gasteiger partial charge on any atom is -0.453 e. The van der Waals surface area contributed by atoms with Gasteiger partial charge in [-0.15, -0.1) is 0 Å². The molecule has 0 radical (unpaired) electrons. The predicted molar refractivity (Wildman–Crippen MR) is 80.8 cm³/mol. The number of hydrogen-bond donors (Lipinski definition) is 2. The summed E-state index contributed by atoms with van der Waals surface area (Å²) in [6.45, 7) is 0. The Morgan fingerprint density at radius 1 is 1.14 bits per heavy atom. The van der Waals surface area contributed by atoms with Gasteiger partial charge in [-0.1, -0.05) is 5.16 Å².